The predicted molar refractivity (Wildman–Crippen MR) is 107 cm³/mol. The van der Waals surface area contributed by atoms with E-state index in [4.69, 9.17) is 4.74 Å². The molecule has 2 aromatic rings. The van der Waals surface area contributed by atoms with Crippen LogP contribution in [0.1, 0.15) is 35.8 Å². The maximum atomic E-state index is 13.8. The highest BCUT2D eigenvalue weighted by Gasteiger charge is 2.21. The van der Waals surface area contributed by atoms with Gasteiger partial charge in [0.25, 0.3) is 5.91 Å². The van der Waals surface area contributed by atoms with Crippen LogP contribution in [0.3, 0.4) is 0 Å². The second kappa shape index (κ2) is 10.7. The van der Waals surface area contributed by atoms with E-state index in [2.05, 4.69) is 15.6 Å². The summed E-state index contributed by atoms with van der Waals surface area (Å²) < 4.78 is 18.7. The number of urea groups is 1. The molecule has 28 heavy (non-hydrogen) atoms. The smallest absolute Gasteiger partial charge is 0.322 e. The summed E-state index contributed by atoms with van der Waals surface area (Å²) in [5.74, 6) is -0.758. The zero-order valence-electron chi connectivity index (χ0n) is 16.2. The van der Waals surface area contributed by atoms with E-state index in [0.29, 0.717) is 23.9 Å². The van der Waals surface area contributed by atoms with E-state index < -0.39 is 11.8 Å². The van der Waals surface area contributed by atoms with Crippen LogP contribution in [0.2, 0.25) is 0 Å². The Morgan fingerprint density at radius 3 is 2.75 bits per heavy atom. The van der Waals surface area contributed by atoms with Crippen molar-refractivity contribution < 1.29 is 18.7 Å². The molecule has 0 fully saturated rings. The molecule has 0 aliphatic rings. The molecule has 1 aromatic heterocycles. The Bertz CT molecular complexity index is 797. The number of aromatic nitrogens is 1. The van der Waals surface area contributed by atoms with E-state index >= 15 is 0 Å². The molecular formula is C19H25FN4O3S. The summed E-state index contributed by atoms with van der Waals surface area (Å²) in [6.45, 7) is 5.02. The molecule has 2 N–H and O–H groups in total. The van der Waals surface area contributed by atoms with E-state index in [1.54, 1.807) is 24.6 Å². The molecule has 0 saturated carbocycles. The topological polar surface area (TPSA) is 83.6 Å². The van der Waals surface area contributed by atoms with Crippen LogP contribution in [0.4, 0.5) is 14.9 Å². The third-order valence-electron chi connectivity index (χ3n) is 3.90. The van der Waals surface area contributed by atoms with Crippen LogP contribution in [0.5, 0.6) is 0 Å². The average Bonchev–Trinajstić information content (AvgIpc) is 3.13. The molecule has 0 aliphatic carbocycles. The minimum atomic E-state index is -0.499. The minimum absolute atomic E-state index is 0.119. The van der Waals surface area contributed by atoms with Crippen LogP contribution in [-0.2, 0) is 11.3 Å². The number of anilines is 1. The number of nitrogens with zero attached hydrogens (tertiary/aromatic N) is 2. The Morgan fingerprint density at radius 2 is 2.07 bits per heavy atom. The van der Waals surface area contributed by atoms with Gasteiger partial charge < -0.3 is 20.3 Å². The van der Waals surface area contributed by atoms with Gasteiger partial charge in [0.15, 0.2) is 0 Å². The fraction of sp³-hybridized carbons (Fsp3) is 0.421. The normalized spacial score (nSPS) is 10.8. The third-order valence-corrected chi connectivity index (χ3v) is 4.73. The van der Waals surface area contributed by atoms with Crippen LogP contribution < -0.4 is 10.6 Å². The first-order valence-electron chi connectivity index (χ1n) is 8.96. The first-order valence-corrected chi connectivity index (χ1v) is 9.84. The van der Waals surface area contributed by atoms with Crippen molar-refractivity contribution in [2.24, 2.45) is 0 Å². The molecule has 2 rings (SSSR count). The lowest BCUT2D eigenvalue weighted by molar-refractivity contribution is 0.0944. The number of para-hydroxylation sites is 1. The number of thiazole rings is 1. The van der Waals surface area contributed by atoms with Crippen molar-refractivity contribution in [3.63, 3.8) is 0 Å². The van der Waals surface area contributed by atoms with Gasteiger partial charge in [-0.05, 0) is 32.4 Å². The number of halogens is 1. The number of ether oxygens (including phenoxy) is 1. The van der Waals surface area contributed by atoms with Crippen LogP contribution in [0.25, 0.3) is 0 Å². The molecule has 9 heteroatoms. The Balaban J connectivity index is 1.99. The molecule has 0 saturated heterocycles. The minimum Gasteiger partial charge on any atom is -0.385 e. The number of rotatable bonds is 9. The Kier molecular flexibility index (Phi) is 8.34. The maximum absolute atomic E-state index is 13.8. The largest absolute Gasteiger partial charge is 0.385 e. The number of carbonyl (C=O) groups excluding carboxylic acids is 2. The lowest BCUT2D eigenvalue weighted by Crippen LogP contribution is -2.39. The van der Waals surface area contributed by atoms with Crippen molar-refractivity contribution in [2.75, 3.05) is 25.6 Å². The van der Waals surface area contributed by atoms with Crippen molar-refractivity contribution in [1.82, 2.24) is 15.2 Å². The molecule has 0 aliphatic heterocycles. The number of methoxy groups -OCH3 is 1. The standard InChI is InChI=1S/C19H25FN4O3S/c1-13(2)24(19(26)23-15-8-5-4-7-14(15)20)11-17-22-16(12-28-17)18(25)21-9-6-10-27-3/h4-5,7-8,12-13H,6,9-11H2,1-3H3,(H,21,25)(H,23,26). The lowest BCUT2D eigenvalue weighted by Gasteiger charge is -2.26. The average molecular weight is 408 g/mol. The predicted octanol–water partition coefficient (Wildman–Crippen LogP) is 3.49. The van der Waals surface area contributed by atoms with E-state index in [0.717, 1.165) is 6.42 Å². The van der Waals surface area contributed by atoms with Gasteiger partial charge in [-0.2, -0.15) is 0 Å². The van der Waals surface area contributed by atoms with Crippen molar-refractivity contribution in [2.45, 2.75) is 32.9 Å². The number of hydrogen-bond acceptors (Lipinski definition) is 5. The van der Waals surface area contributed by atoms with Crippen molar-refractivity contribution in [1.29, 1.82) is 0 Å². The monoisotopic (exact) mass is 408 g/mol. The van der Waals surface area contributed by atoms with Gasteiger partial charge in [0, 0.05) is 31.7 Å². The molecular weight excluding hydrogens is 383 g/mol. The van der Waals surface area contributed by atoms with Crippen LogP contribution in [0, 0.1) is 5.82 Å². The molecule has 1 heterocycles. The molecule has 0 unspecified atom stereocenters. The highest BCUT2D eigenvalue weighted by molar-refractivity contribution is 7.09. The summed E-state index contributed by atoms with van der Waals surface area (Å²) in [7, 11) is 1.61. The summed E-state index contributed by atoms with van der Waals surface area (Å²) in [5.41, 5.74) is 0.434. The SMILES string of the molecule is COCCCNC(=O)c1csc(CN(C(=O)Nc2ccccc2F)C(C)C)n1. The zero-order chi connectivity index (χ0) is 20.5. The van der Waals surface area contributed by atoms with Crippen molar-refractivity contribution in [3.05, 3.63) is 46.2 Å². The number of amides is 3. The van der Waals surface area contributed by atoms with Crippen molar-refractivity contribution >= 4 is 29.0 Å². The van der Waals surface area contributed by atoms with Gasteiger partial charge in [-0.1, -0.05) is 12.1 Å². The number of carbonyl (C=O) groups is 2. The number of benzene rings is 1. The molecule has 0 bridgehead atoms. The summed E-state index contributed by atoms with van der Waals surface area (Å²) >= 11 is 1.30. The van der Waals surface area contributed by atoms with Crippen LogP contribution in [0.15, 0.2) is 29.6 Å². The molecule has 1 aromatic carbocycles. The van der Waals surface area contributed by atoms with Gasteiger partial charge in [0.05, 0.1) is 12.2 Å². The van der Waals surface area contributed by atoms with Crippen LogP contribution >= 0.6 is 11.3 Å². The summed E-state index contributed by atoms with van der Waals surface area (Å²) in [6.07, 6.45) is 0.719. The van der Waals surface area contributed by atoms with Gasteiger partial charge in [0.1, 0.15) is 16.5 Å². The fourth-order valence-corrected chi connectivity index (χ4v) is 3.15. The van der Waals surface area contributed by atoms with Gasteiger partial charge in [-0.25, -0.2) is 14.2 Å². The second-order valence-electron chi connectivity index (χ2n) is 6.36. The molecule has 0 spiro atoms. The molecule has 0 atom stereocenters. The van der Waals surface area contributed by atoms with Gasteiger partial charge in [-0.15, -0.1) is 11.3 Å². The summed E-state index contributed by atoms with van der Waals surface area (Å²) in [5, 5.41) is 7.64. The first kappa shape index (κ1) is 21.8. The number of hydrogen-bond donors (Lipinski definition) is 2. The molecule has 3 amide bonds. The molecule has 0 radical (unpaired) electrons. The van der Waals surface area contributed by atoms with E-state index in [-0.39, 0.29) is 24.2 Å². The highest BCUT2D eigenvalue weighted by atomic mass is 32.1. The second-order valence-corrected chi connectivity index (χ2v) is 7.30. The Labute approximate surface area is 167 Å². The maximum Gasteiger partial charge on any atom is 0.322 e. The van der Waals surface area contributed by atoms with E-state index in [1.165, 1.54) is 28.4 Å². The first-order chi connectivity index (χ1) is 13.4. The highest BCUT2D eigenvalue weighted by Crippen LogP contribution is 2.17. The zero-order valence-corrected chi connectivity index (χ0v) is 17.0. The molecule has 7 nitrogen and oxygen atoms in total. The molecule has 152 valence electrons. The van der Waals surface area contributed by atoms with Gasteiger partial charge in [0.2, 0.25) is 0 Å². The van der Waals surface area contributed by atoms with Crippen molar-refractivity contribution in [3.8, 4) is 0 Å². The van der Waals surface area contributed by atoms with Gasteiger partial charge in [-0.3, -0.25) is 4.79 Å². The fourth-order valence-electron chi connectivity index (χ4n) is 2.38. The summed E-state index contributed by atoms with van der Waals surface area (Å²) in [6, 6.07) is 5.43. The van der Waals surface area contributed by atoms with E-state index in [9.17, 15) is 14.0 Å². The van der Waals surface area contributed by atoms with E-state index in [1.807, 2.05) is 13.8 Å². The lowest BCUT2D eigenvalue weighted by atomic mass is 10.3. The van der Waals surface area contributed by atoms with Crippen LogP contribution in [-0.4, -0.2) is 48.1 Å². The summed E-state index contributed by atoms with van der Waals surface area (Å²) in [4.78, 5) is 30.6. The number of nitrogens with one attached hydrogen (secondary N) is 2. The Morgan fingerprint density at radius 1 is 1.32 bits per heavy atom. The quantitative estimate of drug-likeness (QED) is 0.622. The van der Waals surface area contributed by atoms with Gasteiger partial charge >= 0.3 is 6.03 Å². The third kappa shape index (κ3) is 6.28. The Hall–Kier alpha value is -2.52.